The third-order valence-corrected chi connectivity index (χ3v) is 3.93. The van der Waals surface area contributed by atoms with Crippen molar-refractivity contribution in [3.8, 4) is 17.1 Å². The summed E-state index contributed by atoms with van der Waals surface area (Å²) in [5.41, 5.74) is 0.843. The molecule has 1 aliphatic rings. The predicted molar refractivity (Wildman–Crippen MR) is 78.3 cm³/mol. The van der Waals surface area contributed by atoms with Crippen LogP contribution in [0.25, 0.3) is 11.4 Å². The molecular weight excluding hydrogens is 270 g/mol. The van der Waals surface area contributed by atoms with Crippen LogP contribution in [0.5, 0.6) is 5.75 Å². The second kappa shape index (κ2) is 5.73. The molecule has 1 aromatic carbocycles. The van der Waals surface area contributed by atoms with Crippen molar-refractivity contribution in [2.24, 2.45) is 5.92 Å². The van der Waals surface area contributed by atoms with Crippen molar-refractivity contribution in [1.82, 2.24) is 10.1 Å². The van der Waals surface area contributed by atoms with E-state index < -0.39 is 0 Å². The van der Waals surface area contributed by atoms with Crippen LogP contribution in [0.15, 0.2) is 28.8 Å². The van der Waals surface area contributed by atoms with E-state index in [1.165, 1.54) is 0 Å². The van der Waals surface area contributed by atoms with Crippen LogP contribution >= 0.6 is 0 Å². The number of hydrogen-bond donors (Lipinski definition) is 1. The molecule has 2 atom stereocenters. The minimum Gasteiger partial charge on any atom is -0.497 e. The van der Waals surface area contributed by atoms with Gasteiger partial charge in [-0.25, -0.2) is 0 Å². The van der Waals surface area contributed by atoms with Crippen LogP contribution in [-0.4, -0.2) is 41.6 Å². The Kier molecular flexibility index (Phi) is 3.79. The number of methoxy groups -OCH3 is 1. The lowest BCUT2D eigenvalue weighted by atomic mass is 9.96. The predicted octanol–water partition coefficient (Wildman–Crippen LogP) is 1.95. The van der Waals surface area contributed by atoms with Gasteiger partial charge in [-0.3, -0.25) is 0 Å². The first-order valence-electron chi connectivity index (χ1n) is 7.08. The van der Waals surface area contributed by atoms with Gasteiger partial charge in [0, 0.05) is 18.7 Å². The van der Waals surface area contributed by atoms with E-state index >= 15 is 0 Å². The topological polar surface area (TPSA) is 71.6 Å². The maximum Gasteiger partial charge on any atom is 0.324 e. The highest BCUT2D eigenvalue weighted by molar-refractivity contribution is 5.58. The SMILES string of the molecule is COc1cccc(-c2noc(N3CCC(C)C(O)C3)n2)c1. The fourth-order valence-electron chi connectivity index (χ4n) is 2.45. The Labute approximate surface area is 123 Å². The first-order valence-corrected chi connectivity index (χ1v) is 7.08. The van der Waals surface area contributed by atoms with Gasteiger partial charge in [-0.2, -0.15) is 4.98 Å². The van der Waals surface area contributed by atoms with Gasteiger partial charge in [0.15, 0.2) is 0 Å². The minimum atomic E-state index is -0.356. The van der Waals surface area contributed by atoms with E-state index in [1.54, 1.807) is 7.11 Å². The Morgan fingerprint density at radius 2 is 2.29 bits per heavy atom. The molecule has 3 rings (SSSR count). The summed E-state index contributed by atoms with van der Waals surface area (Å²) < 4.78 is 10.5. The second-order valence-electron chi connectivity index (χ2n) is 5.41. The maximum atomic E-state index is 9.95. The lowest BCUT2D eigenvalue weighted by Gasteiger charge is -2.32. The van der Waals surface area contributed by atoms with Gasteiger partial charge in [-0.1, -0.05) is 24.2 Å². The van der Waals surface area contributed by atoms with E-state index in [1.807, 2.05) is 29.2 Å². The molecule has 2 aromatic rings. The number of aliphatic hydroxyl groups is 1. The molecule has 21 heavy (non-hydrogen) atoms. The normalized spacial score (nSPS) is 22.3. The Morgan fingerprint density at radius 3 is 3.05 bits per heavy atom. The lowest BCUT2D eigenvalue weighted by molar-refractivity contribution is 0.100. The van der Waals surface area contributed by atoms with Crippen molar-refractivity contribution in [3.05, 3.63) is 24.3 Å². The molecule has 0 spiro atoms. The molecule has 0 amide bonds. The maximum absolute atomic E-state index is 9.95. The van der Waals surface area contributed by atoms with Gasteiger partial charge < -0.3 is 19.3 Å². The van der Waals surface area contributed by atoms with Gasteiger partial charge in [0.25, 0.3) is 0 Å². The summed E-state index contributed by atoms with van der Waals surface area (Å²) in [6, 6.07) is 7.98. The number of aliphatic hydroxyl groups excluding tert-OH is 1. The highest BCUT2D eigenvalue weighted by Crippen LogP contribution is 2.26. The number of nitrogens with zero attached hydrogens (tertiary/aromatic N) is 3. The Bertz CT molecular complexity index is 614. The van der Waals surface area contributed by atoms with Crippen molar-refractivity contribution in [2.45, 2.75) is 19.4 Å². The van der Waals surface area contributed by atoms with E-state index in [2.05, 4.69) is 17.1 Å². The molecule has 1 fully saturated rings. The second-order valence-corrected chi connectivity index (χ2v) is 5.41. The zero-order valence-electron chi connectivity index (χ0n) is 12.2. The van der Waals surface area contributed by atoms with Crippen LogP contribution in [0.2, 0.25) is 0 Å². The number of aromatic nitrogens is 2. The van der Waals surface area contributed by atoms with Gasteiger partial charge in [0.05, 0.1) is 13.2 Å². The number of ether oxygens (including phenoxy) is 1. The third kappa shape index (κ3) is 2.85. The van der Waals surface area contributed by atoms with Gasteiger partial charge in [-0.05, 0) is 24.5 Å². The third-order valence-electron chi connectivity index (χ3n) is 3.93. The molecule has 6 heteroatoms. The van der Waals surface area contributed by atoms with Crippen LogP contribution in [0.4, 0.5) is 6.01 Å². The Balaban J connectivity index is 1.80. The van der Waals surface area contributed by atoms with E-state index in [9.17, 15) is 5.11 Å². The molecule has 1 aromatic heterocycles. The smallest absolute Gasteiger partial charge is 0.324 e. The van der Waals surface area contributed by atoms with Crippen LogP contribution in [0.1, 0.15) is 13.3 Å². The number of rotatable bonds is 3. The molecule has 1 N–H and O–H groups in total. The number of hydrogen-bond acceptors (Lipinski definition) is 6. The van der Waals surface area contributed by atoms with Crippen LogP contribution < -0.4 is 9.64 Å². The van der Waals surface area contributed by atoms with Gasteiger partial charge in [0.1, 0.15) is 5.75 Å². The largest absolute Gasteiger partial charge is 0.497 e. The molecule has 2 heterocycles. The van der Waals surface area contributed by atoms with Crippen molar-refractivity contribution in [3.63, 3.8) is 0 Å². The average molecular weight is 289 g/mol. The molecule has 0 aliphatic carbocycles. The number of piperidine rings is 1. The molecule has 1 aliphatic heterocycles. The van der Waals surface area contributed by atoms with Gasteiger partial charge in [0.2, 0.25) is 5.82 Å². The molecule has 0 radical (unpaired) electrons. The average Bonchev–Trinajstić information content (AvgIpc) is 3.00. The molecule has 112 valence electrons. The lowest BCUT2D eigenvalue weighted by Crippen LogP contribution is -2.43. The summed E-state index contributed by atoms with van der Waals surface area (Å²) in [5, 5.41) is 14.0. The monoisotopic (exact) mass is 289 g/mol. The number of benzene rings is 1. The zero-order chi connectivity index (χ0) is 14.8. The molecule has 0 saturated carbocycles. The van der Waals surface area contributed by atoms with Gasteiger partial charge in [-0.15, -0.1) is 0 Å². The first-order chi connectivity index (χ1) is 10.2. The highest BCUT2D eigenvalue weighted by atomic mass is 16.5. The highest BCUT2D eigenvalue weighted by Gasteiger charge is 2.27. The Morgan fingerprint density at radius 1 is 1.43 bits per heavy atom. The summed E-state index contributed by atoms with van der Waals surface area (Å²) in [6.07, 6.45) is 0.559. The van der Waals surface area contributed by atoms with Crippen molar-refractivity contribution < 1.29 is 14.4 Å². The van der Waals surface area contributed by atoms with E-state index in [0.29, 0.717) is 24.3 Å². The van der Waals surface area contributed by atoms with Crippen molar-refractivity contribution in [2.75, 3.05) is 25.1 Å². The fraction of sp³-hybridized carbons (Fsp3) is 0.467. The molecule has 6 nitrogen and oxygen atoms in total. The minimum absolute atomic E-state index is 0.307. The van der Waals surface area contributed by atoms with Gasteiger partial charge >= 0.3 is 6.01 Å². The van der Waals surface area contributed by atoms with Crippen molar-refractivity contribution in [1.29, 1.82) is 0 Å². The first kappa shape index (κ1) is 13.9. The zero-order valence-corrected chi connectivity index (χ0v) is 12.2. The molecule has 0 bridgehead atoms. The summed E-state index contributed by atoms with van der Waals surface area (Å²) in [4.78, 5) is 6.35. The van der Waals surface area contributed by atoms with Crippen LogP contribution in [-0.2, 0) is 0 Å². The quantitative estimate of drug-likeness (QED) is 0.931. The van der Waals surface area contributed by atoms with E-state index in [-0.39, 0.29) is 6.10 Å². The van der Waals surface area contributed by atoms with Crippen LogP contribution in [0.3, 0.4) is 0 Å². The molecule has 2 unspecified atom stereocenters. The Hall–Kier alpha value is -2.08. The van der Waals surface area contributed by atoms with E-state index in [4.69, 9.17) is 9.26 Å². The summed E-state index contributed by atoms with van der Waals surface area (Å²) in [7, 11) is 1.62. The number of β-amino-alcohol motifs (C(OH)–C–C–N with tert-alkyl or cyclic N) is 1. The fourth-order valence-corrected chi connectivity index (χ4v) is 2.45. The summed E-state index contributed by atoms with van der Waals surface area (Å²) in [5.74, 6) is 1.58. The van der Waals surface area contributed by atoms with E-state index in [0.717, 1.165) is 24.3 Å². The summed E-state index contributed by atoms with van der Waals surface area (Å²) in [6.45, 7) is 3.40. The molecular formula is C15H19N3O3. The van der Waals surface area contributed by atoms with Crippen molar-refractivity contribution >= 4 is 6.01 Å². The standard InChI is InChI=1S/C15H19N3O3/c1-10-6-7-18(9-13(10)19)15-16-14(17-21-15)11-4-3-5-12(8-11)20-2/h3-5,8,10,13,19H,6-7,9H2,1-2H3. The van der Waals surface area contributed by atoms with Crippen LogP contribution in [0, 0.1) is 5.92 Å². The molecule has 1 saturated heterocycles. The number of anilines is 1. The summed E-state index contributed by atoms with van der Waals surface area (Å²) >= 11 is 0.